The molecule has 0 bridgehead atoms. The molecule has 1 aromatic carbocycles. The molecule has 0 aliphatic carbocycles. The van der Waals surface area contributed by atoms with Gasteiger partial charge in [-0.1, -0.05) is 26.0 Å². The van der Waals surface area contributed by atoms with Crippen molar-refractivity contribution in [2.45, 2.75) is 53.1 Å². The molecule has 168 valence electrons. The number of hydrogen-bond acceptors (Lipinski definition) is 4. The molecule has 3 N–H and O–H groups in total. The average Bonchev–Trinajstić information content (AvgIpc) is 2.70. The normalized spacial score (nSPS) is 15.9. The van der Waals surface area contributed by atoms with E-state index in [1.807, 2.05) is 38.1 Å². The van der Waals surface area contributed by atoms with E-state index in [-0.39, 0.29) is 11.4 Å². The molecule has 1 aliphatic heterocycles. The molecule has 7 heteroatoms. The van der Waals surface area contributed by atoms with Crippen LogP contribution in [0.15, 0.2) is 29.3 Å². The van der Waals surface area contributed by atoms with Crippen molar-refractivity contribution in [3.05, 3.63) is 29.8 Å². The number of morpholine rings is 1. The lowest BCUT2D eigenvalue weighted by Crippen LogP contribution is -2.56. The Balaban J connectivity index is 1.95. The van der Waals surface area contributed by atoms with Crippen LogP contribution in [0, 0.1) is 5.92 Å². The number of carbonyl (C=O) groups excluding carboxylic acids is 1. The summed E-state index contributed by atoms with van der Waals surface area (Å²) in [5.41, 5.74) is 1.89. The van der Waals surface area contributed by atoms with Crippen molar-refractivity contribution in [1.82, 2.24) is 15.5 Å². The number of nitrogens with zero attached hydrogens (tertiary/aromatic N) is 2. The predicted molar refractivity (Wildman–Crippen MR) is 124 cm³/mol. The number of hydrogen-bond donors (Lipinski definition) is 3. The first-order valence-electron chi connectivity index (χ1n) is 11.0. The van der Waals surface area contributed by atoms with Crippen LogP contribution in [-0.4, -0.2) is 61.7 Å². The Kier molecular flexibility index (Phi) is 9.59. The van der Waals surface area contributed by atoms with Crippen LogP contribution in [0.25, 0.3) is 0 Å². The van der Waals surface area contributed by atoms with Gasteiger partial charge in [0, 0.05) is 43.8 Å². The molecule has 1 heterocycles. The number of carbonyl (C=O) groups is 1. The van der Waals surface area contributed by atoms with Crippen molar-refractivity contribution in [3.63, 3.8) is 0 Å². The Labute approximate surface area is 181 Å². The first-order chi connectivity index (χ1) is 14.3. The van der Waals surface area contributed by atoms with Gasteiger partial charge in [-0.2, -0.15) is 0 Å². The smallest absolute Gasteiger partial charge is 0.224 e. The lowest BCUT2D eigenvalue weighted by atomic mass is 10.0. The lowest BCUT2D eigenvalue weighted by Gasteiger charge is -2.41. The molecule has 1 aromatic rings. The number of rotatable bonds is 9. The molecule has 0 unspecified atom stereocenters. The topological polar surface area (TPSA) is 78.0 Å². The molecule has 0 radical (unpaired) electrons. The fraction of sp³-hybridized carbons (Fsp3) is 0.652. The molecule has 1 aliphatic rings. The van der Waals surface area contributed by atoms with E-state index >= 15 is 0 Å². The van der Waals surface area contributed by atoms with E-state index in [2.05, 4.69) is 41.6 Å². The molecule has 0 aromatic heterocycles. The Hall–Kier alpha value is -2.12. The van der Waals surface area contributed by atoms with Gasteiger partial charge in [-0.15, -0.1) is 0 Å². The minimum Gasteiger partial charge on any atom is -0.379 e. The number of benzene rings is 1. The van der Waals surface area contributed by atoms with E-state index in [4.69, 9.17) is 9.73 Å². The largest absolute Gasteiger partial charge is 0.379 e. The maximum atomic E-state index is 12.0. The van der Waals surface area contributed by atoms with Crippen LogP contribution in [0.4, 0.5) is 5.69 Å². The van der Waals surface area contributed by atoms with Crippen molar-refractivity contribution < 1.29 is 9.53 Å². The van der Waals surface area contributed by atoms with Crippen molar-refractivity contribution in [2.75, 3.05) is 44.7 Å². The summed E-state index contributed by atoms with van der Waals surface area (Å²) in [6, 6.07) is 7.89. The Morgan fingerprint density at radius 2 is 1.97 bits per heavy atom. The predicted octanol–water partition coefficient (Wildman–Crippen LogP) is 2.84. The van der Waals surface area contributed by atoms with Crippen molar-refractivity contribution >= 4 is 17.6 Å². The summed E-state index contributed by atoms with van der Waals surface area (Å²) in [4.78, 5) is 19.2. The molecule has 0 saturated carbocycles. The summed E-state index contributed by atoms with van der Waals surface area (Å²) in [5, 5.41) is 9.78. The highest BCUT2D eigenvalue weighted by molar-refractivity contribution is 5.90. The quantitative estimate of drug-likeness (QED) is 0.425. The molecular formula is C23H39N5O2. The van der Waals surface area contributed by atoms with E-state index in [0.717, 1.165) is 56.6 Å². The maximum absolute atomic E-state index is 12.0. The number of guanidine groups is 1. The number of aliphatic imine (C=N–C) groups is 1. The van der Waals surface area contributed by atoms with Crippen LogP contribution in [0.2, 0.25) is 0 Å². The van der Waals surface area contributed by atoms with Crippen LogP contribution in [-0.2, 0) is 16.1 Å². The van der Waals surface area contributed by atoms with E-state index in [9.17, 15) is 4.79 Å². The minimum absolute atomic E-state index is 0.0145. The van der Waals surface area contributed by atoms with Crippen LogP contribution < -0.4 is 16.0 Å². The standard InChI is InChI=1S/C23H39N5O2/c1-6-24-22(26-17-23(4,5)28-10-12-30-13-11-28)25-16-19-8-7-9-20(15-19)27-21(29)14-18(2)3/h7-9,15,18H,6,10-14,16-17H2,1-5H3,(H,27,29)(H2,24,25,26). The summed E-state index contributed by atoms with van der Waals surface area (Å²) < 4.78 is 5.47. The number of anilines is 1. The van der Waals surface area contributed by atoms with Crippen molar-refractivity contribution in [2.24, 2.45) is 10.9 Å². The third-order valence-corrected chi connectivity index (χ3v) is 5.12. The molecule has 2 rings (SSSR count). The molecule has 30 heavy (non-hydrogen) atoms. The summed E-state index contributed by atoms with van der Waals surface area (Å²) >= 11 is 0. The molecular weight excluding hydrogens is 378 g/mol. The highest BCUT2D eigenvalue weighted by atomic mass is 16.5. The number of nitrogens with one attached hydrogen (secondary N) is 3. The summed E-state index contributed by atoms with van der Waals surface area (Å²) in [6.45, 7) is 16.3. The van der Waals surface area contributed by atoms with Crippen molar-refractivity contribution in [1.29, 1.82) is 0 Å². The molecule has 0 spiro atoms. The third-order valence-electron chi connectivity index (χ3n) is 5.12. The van der Waals surface area contributed by atoms with E-state index in [1.54, 1.807) is 0 Å². The van der Waals surface area contributed by atoms with Gasteiger partial charge < -0.3 is 20.7 Å². The molecule has 1 saturated heterocycles. The second-order valence-corrected chi connectivity index (χ2v) is 8.81. The fourth-order valence-electron chi connectivity index (χ4n) is 3.42. The highest BCUT2D eigenvalue weighted by Crippen LogP contribution is 2.15. The van der Waals surface area contributed by atoms with Gasteiger partial charge >= 0.3 is 0 Å². The molecule has 1 amide bonds. The van der Waals surface area contributed by atoms with Gasteiger partial charge in [-0.3, -0.25) is 9.69 Å². The van der Waals surface area contributed by atoms with E-state index < -0.39 is 0 Å². The van der Waals surface area contributed by atoms with Crippen LogP contribution in [0.5, 0.6) is 0 Å². The number of amides is 1. The Morgan fingerprint density at radius 1 is 1.23 bits per heavy atom. The second kappa shape index (κ2) is 11.9. The molecule has 1 fully saturated rings. The van der Waals surface area contributed by atoms with Gasteiger partial charge in [-0.25, -0.2) is 4.99 Å². The van der Waals surface area contributed by atoms with Gasteiger partial charge in [0.1, 0.15) is 0 Å². The monoisotopic (exact) mass is 417 g/mol. The minimum atomic E-state index is 0.0145. The molecule has 0 atom stereocenters. The van der Waals surface area contributed by atoms with Gasteiger partial charge in [0.05, 0.1) is 19.8 Å². The summed E-state index contributed by atoms with van der Waals surface area (Å²) in [5.74, 6) is 1.19. The zero-order valence-electron chi connectivity index (χ0n) is 19.3. The van der Waals surface area contributed by atoms with Crippen LogP contribution >= 0.6 is 0 Å². The highest BCUT2D eigenvalue weighted by Gasteiger charge is 2.28. The second-order valence-electron chi connectivity index (χ2n) is 8.81. The summed E-state index contributed by atoms with van der Waals surface area (Å²) in [6.07, 6.45) is 0.524. The van der Waals surface area contributed by atoms with Gasteiger partial charge in [0.2, 0.25) is 5.91 Å². The lowest BCUT2D eigenvalue weighted by molar-refractivity contribution is -0.116. The van der Waals surface area contributed by atoms with Crippen LogP contribution in [0.3, 0.4) is 0 Å². The summed E-state index contributed by atoms with van der Waals surface area (Å²) in [7, 11) is 0. The van der Waals surface area contributed by atoms with Crippen molar-refractivity contribution in [3.8, 4) is 0 Å². The van der Waals surface area contributed by atoms with E-state index in [0.29, 0.717) is 18.9 Å². The first-order valence-corrected chi connectivity index (χ1v) is 11.0. The van der Waals surface area contributed by atoms with E-state index in [1.165, 1.54) is 0 Å². The maximum Gasteiger partial charge on any atom is 0.224 e. The molecule has 7 nitrogen and oxygen atoms in total. The first kappa shape index (κ1) is 24.2. The van der Waals surface area contributed by atoms with Gasteiger partial charge in [0.25, 0.3) is 0 Å². The van der Waals surface area contributed by atoms with Gasteiger partial charge in [-0.05, 0) is 44.4 Å². The average molecular weight is 418 g/mol. The Morgan fingerprint density at radius 3 is 2.63 bits per heavy atom. The zero-order valence-corrected chi connectivity index (χ0v) is 19.3. The SMILES string of the molecule is CCNC(=NCc1cccc(NC(=O)CC(C)C)c1)NCC(C)(C)N1CCOCC1. The Bertz CT molecular complexity index is 697. The zero-order chi connectivity index (χ0) is 22.0. The van der Waals surface area contributed by atoms with Gasteiger partial charge in [0.15, 0.2) is 5.96 Å². The fourth-order valence-corrected chi connectivity index (χ4v) is 3.42. The number of ether oxygens (including phenoxy) is 1. The van der Waals surface area contributed by atoms with Crippen LogP contribution in [0.1, 0.15) is 46.6 Å². The third kappa shape index (κ3) is 8.32.